The van der Waals surface area contributed by atoms with E-state index in [0.29, 0.717) is 5.13 Å². The molecule has 1 aliphatic rings. The molecular formula is C22H20N6OS. The number of amides is 1. The van der Waals surface area contributed by atoms with Gasteiger partial charge in [0.15, 0.2) is 5.13 Å². The first-order valence-electron chi connectivity index (χ1n) is 9.94. The molecule has 1 aliphatic carbocycles. The van der Waals surface area contributed by atoms with Crippen molar-refractivity contribution < 1.29 is 4.79 Å². The normalized spacial score (nSPS) is 13.1. The highest BCUT2D eigenvalue weighted by atomic mass is 32.1. The van der Waals surface area contributed by atoms with Crippen molar-refractivity contribution in [2.24, 2.45) is 0 Å². The van der Waals surface area contributed by atoms with E-state index in [1.165, 1.54) is 48.1 Å². The lowest BCUT2D eigenvalue weighted by Crippen LogP contribution is -2.14. The number of aryl methyl sites for hydroxylation is 2. The van der Waals surface area contributed by atoms with E-state index in [0.717, 1.165) is 28.9 Å². The highest BCUT2D eigenvalue weighted by molar-refractivity contribution is 7.14. The van der Waals surface area contributed by atoms with Gasteiger partial charge >= 0.3 is 0 Å². The van der Waals surface area contributed by atoms with Gasteiger partial charge in [-0.05, 0) is 71.0 Å². The highest BCUT2D eigenvalue weighted by Crippen LogP contribution is 2.29. The minimum atomic E-state index is -0.0866. The molecule has 2 aromatic carbocycles. The zero-order valence-corrected chi connectivity index (χ0v) is 17.1. The molecule has 1 N–H and O–H groups in total. The Morgan fingerprint density at radius 2 is 1.90 bits per heavy atom. The Morgan fingerprint density at radius 3 is 2.70 bits per heavy atom. The van der Waals surface area contributed by atoms with Crippen LogP contribution in [0.3, 0.4) is 0 Å². The molecule has 0 spiro atoms. The second-order valence-electron chi connectivity index (χ2n) is 7.37. The number of hydrogen-bond acceptors (Lipinski definition) is 6. The molecule has 0 saturated carbocycles. The molecule has 150 valence electrons. The molecule has 30 heavy (non-hydrogen) atoms. The number of rotatable bonds is 5. The Morgan fingerprint density at radius 1 is 1.07 bits per heavy atom. The lowest BCUT2D eigenvalue weighted by molar-refractivity contribution is -0.115. The van der Waals surface area contributed by atoms with Crippen molar-refractivity contribution >= 4 is 22.4 Å². The van der Waals surface area contributed by atoms with Crippen LogP contribution in [-0.2, 0) is 24.1 Å². The summed E-state index contributed by atoms with van der Waals surface area (Å²) in [5, 5.41) is 16.6. The maximum absolute atomic E-state index is 12.5. The zero-order chi connectivity index (χ0) is 20.3. The van der Waals surface area contributed by atoms with E-state index in [2.05, 4.69) is 44.0 Å². The van der Waals surface area contributed by atoms with Gasteiger partial charge in [-0.15, -0.1) is 16.4 Å². The van der Waals surface area contributed by atoms with Crippen molar-refractivity contribution in [3.05, 3.63) is 70.9 Å². The number of nitrogens with zero attached hydrogens (tertiary/aromatic N) is 5. The van der Waals surface area contributed by atoms with Gasteiger partial charge in [0.05, 0.1) is 17.8 Å². The monoisotopic (exact) mass is 416 g/mol. The molecule has 0 aliphatic heterocycles. The molecule has 1 amide bonds. The van der Waals surface area contributed by atoms with E-state index in [9.17, 15) is 4.79 Å². The van der Waals surface area contributed by atoms with Crippen LogP contribution < -0.4 is 5.32 Å². The average molecular weight is 417 g/mol. The Labute approximate surface area is 177 Å². The number of thiazole rings is 1. The number of anilines is 1. The number of hydrogen-bond donors (Lipinski definition) is 1. The predicted octanol–water partition coefficient (Wildman–Crippen LogP) is 3.85. The molecule has 8 heteroatoms. The molecule has 0 fully saturated rings. The summed E-state index contributed by atoms with van der Waals surface area (Å²) in [6, 6.07) is 14.2. The maximum Gasteiger partial charge on any atom is 0.230 e. The molecule has 2 aromatic heterocycles. The summed E-state index contributed by atoms with van der Waals surface area (Å²) in [4.78, 5) is 17.1. The SMILES string of the molecule is O=C(Cc1ccc(-n2cnnn2)cc1)Nc1nc(-c2ccc3c(c2)CCCC3)cs1. The highest BCUT2D eigenvalue weighted by Gasteiger charge is 2.13. The summed E-state index contributed by atoms with van der Waals surface area (Å²) < 4.78 is 1.57. The number of benzene rings is 2. The van der Waals surface area contributed by atoms with Crippen molar-refractivity contribution in [3.63, 3.8) is 0 Å². The molecule has 0 atom stereocenters. The van der Waals surface area contributed by atoms with Crippen LogP contribution >= 0.6 is 11.3 Å². The quantitative estimate of drug-likeness (QED) is 0.534. The first-order chi connectivity index (χ1) is 14.7. The third-order valence-corrected chi connectivity index (χ3v) is 6.07. The number of carbonyl (C=O) groups excluding carboxylic acids is 1. The molecule has 0 saturated heterocycles. The van der Waals surface area contributed by atoms with E-state index in [1.807, 2.05) is 29.6 Å². The summed E-state index contributed by atoms with van der Waals surface area (Å²) in [6.07, 6.45) is 6.66. The Balaban J connectivity index is 1.23. The number of nitrogens with one attached hydrogen (secondary N) is 1. The minimum Gasteiger partial charge on any atom is -0.302 e. The molecule has 0 unspecified atom stereocenters. The van der Waals surface area contributed by atoms with E-state index in [1.54, 1.807) is 4.68 Å². The molecule has 0 bridgehead atoms. The third kappa shape index (κ3) is 3.99. The van der Waals surface area contributed by atoms with Crippen LogP contribution in [0, 0.1) is 0 Å². The van der Waals surface area contributed by atoms with Crippen LogP contribution in [0.5, 0.6) is 0 Å². The van der Waals surface area contributed by atoms with Gasteiger partial charge in [-0.2, -0.15) is 0 Å². The third-order valence-electron chi connectivity index (χ3n) is 5.31. The van der Waals surface area contributed by atoms with Gasteiger partial charge < -0.3 is 5.32 Å². The summed E-state index contributed by atoms with van der Waals surface area (Å²) >= 11 is 1.45. The van der Waals surface area contributed by atoms with Crippen LogP contribution in [-0.4, -0.2) is 31.1 Å². The Kier molecular flexibility index (Phi) is 5.06. The zero-order valence-electron chi connectivity index (χ0n) is 16.3. The van der Waals surface area contributed by atoms with E-state index >= 15 is 0 Å². The van der Waals surface area contributed by atoms with Gasteiger partial charge in [0, 0.05) is 10.9 Å². The lowest BCUT2D eigenvalue weighted by atomic mass is 9.90. The van der Waals surface area contributed by atoms with Gasteiger partial charge in [0.25, 0.3) is 0 Å². The lowest BCUT2D eigenvalue weighted by Gasteiger charge is -2.16. The van der Waals surface area contributed by atoms with Gasteiger partial charge in [-0.25, -0.2) is 9.67 Å². The molecule has 7 nitrogen and oxygen atoms in total. The summed E-state index contributed by atoms with van der Waals surface area (Å²) in [6.45, 7) is 0. The predicted molar refractivity (Wildman–Crippen MR) is 116 cm³/mol. The van der Waals surface area contributed by atoms with Gasteiger partial charge in [-0.1, -0.05) is 24.3 Å². The smallest absolute Gasteiger partial charge is 0.230 e. The van der Waals surface area contributed by atoms with Gasteiger partial charge in [0.2, 0.25) is 5.91 Å². The van der Waals surface area contributed by atoms with Crippen molar-refractivity contribution in [2.45, 2.75) is 32.1 Å². The average Bonchev–Trinajstić information content (AvgIpc) is 3.46. The molecular weight excluding hydrogens is 396 g/mol. The van der Waals surface area contributed by atoms with Crippen molar-refractivity contribution in [1.82, 2.24) is 25.2 Å². The molecule has 2 heterocycles. The van der Waals surface area contributed by atoms with Crippen molar-refractivity contribution in [2.75, 3.05) is 5.32 Å². The summed E-state index contributed by atoms with van der Waals surface area (Å²) in [5.74, 6) is -0.0866. The van der Waals surface area contributed by atoms with Crippen LogP contribution in [0.2, 0.25) is 0 Å². The van der Waals surface area contributed by atoms with Crippen LogP contribution in [0.25, 0.3) is 16.9 Å². The second kappa shape index (κ2) is 8.16. The standard InChI is InChI=1S/C22H20N6OS/c29-21(11-15-5-9-19(10-6-15)28-14-23-26-27-28)25-22-24-20(13-30-22)18-8-7-16-3-1-2-4-17(16)12-18/h5-10,12-14H,1-4,11H2,(H,24,25,29). The van der Waals surface area contributed by atoms with E-state index in [4.69, 9.17) is 0 Å². The fourth-order valence-corrected chi connectivity index (χ4v) is 4.49. The van der Waals surface area contributed by atoms with Crippen molar-refractivity contribution in [3.8, 4) is 16.9 Å². The second-order valence-corrected chi connectivity index (χ2v) is 8.23. The number of fused-ring (bicyclic) bond motifs is 1. The minimum absolute atomic E-state index is 0.0866. The maximum atomic E-state index is 12.5. The van der Waals surface area contributed by atoms with Crippen LogP contribution in [0.4, 0.5) is 5.13 Å². The number of tetrazole rings is 1. The van der Waals surface area contributed by atoms with E-state index in [-0.39, 0.29) is 12.3 Å². The Hall–Kier alpha value is -3.39. The Bertz CT molecular complexity index is 1170. The molecule has 5 rings (SSSR count). The fourth-order valence-electron chi connectivity index (χ4n) is 3.75. The van der Waals surface area contributed by atoms with Gasteiger partial charge in [-0.3, -0.25) is 4.79 Å². The largest absolute Gasteiger partial charge is 0.302 e. The summed E-state index contributed by atoms with van der Waals surface area (Å²) in [7, 11) is 0. The van der Waals surface area contributed by atoms with Crippen molar-refractivity contribution in [1.29, 1.82) is 0 Å². The number of aromatic nitrogens is 5. The first kappa shape index (κ1) is 18.6. The van der Waals surface area contributed by atoms with Crippen LogP contribution in [0.15, 0.2) is 54.2 Å². The first-order valence-corrected chi connectivity index (χ1v) is 10.8. The van der Waals surface area contributed by atoms with Gasteiger partial charge in [0.1, 0.15) is 6.33 Å². The topological polar surface area (TPSA) is 85.6 Å². The summed E-state index contributed by atoms with van der Waals surface area (Å²) in [5.41, 5.74) is 6.68. The number of carbonyl (C=O) groups is 1. The molecule has 4 aromatic rings. The van der Waals surface area contributed by atoms with E-state index < -0.39 is 0 Å². The molecule has 0 radical (unpaired) electrons. The fraction of sp³-hybridized carbons (Fsp3) is 0.227. The van der Waals surface area contributed by atoms with Crippen LogP contribution in [0.1, 0.15) is 29.5 Å².